The van der Waals surface area contributed by atoms with Gasteiger partial charge in [0.15, 0.2) is 5.49 Å². The maximum atomic E-state index is 6.07. The number of rotatable bonds is 1. The normalized spacial score (nSPS) is 11.8. The molecule has 0 radical (unpaired) electrons. The minimum atomic E-state index is 0.625. The van der Waals surface area contributed by atoms with E-state index in [1.807, 2.05) is 42.1 Å². The first-order valence-electron chi connectivity index (χ1n) is 4.78. The van der Waals surface area contributed by atoms with E-state index < -0.39 is 0 Å². The van der Waals surface area contributed by atoms with Crippen LogP contribution in [0.1, 0.15) is 0 Å². The lowest BCUT2D eigenvalue weighted by Crippen LogP contribution is -2.17. The molecule has 1 aromatic carbocycles. The Morgan fingerprint density at radius 1 is 1.06 bits per heavy atom. The van der Waals surface area contributed by atoms with E-state index >= 15 is 0 Å². The molecule has 0 N–H and O–H groups in total. The molecule has 1 heterocycles. The molecule has 0 unspecified atom stereocenters. The van der Waals surface area contributed by atoms with Crippen LogP contribution >= 0.6 is 23.2 Å². The third kappa shape index (κ3) is 2.46. The van der Waals surface area contributed by atoms with Crippen molar-refractivity contribution in [1.29, 1.82) is 0 Å². The van der Waals surface area contributed by atoms with E-state index in [4.69, 9.17) is 23.2 Å². The first-order valence-corrected chi connectivity index (χ1v) is 5.54. The van der Waals surface area contributed by atoms with Gasteiger partial charge in [-0.1, -0.05) is 23.2 Å². The van der Waals surface area contributed by atoms with Crippen molar-refractivity contribution >= 4 is 28.9 Å². The third-order valence-electron chi connectivity index (χ3n) is 2.16. The van der Waals surface area contributed by atoms with Gasteiger partial charge < -0.3 is 4.57 Å². The van der Waals surface area contributed by atoms with E-state index in [9.17, 15) is 0 Å². The number of halogens is 2. The SMILES string of the molecule is Cn1cccc(Cl)c1=Nc1ccc(Cl)cc1. The minimum absolute atomic E-state index is 0.625. The average Bonchev–Trinajstić information content (AvgIpc) is 2.26. The van der Waals surface area contributed by atoms with Gasteiger partial charge >= 0.3 is 0 Å². The molecule has 0 spiro atoms. The number of hydrogen-bond acceptors (Lipinski definition) is 1. The Morgan fingerprint density at radius 2 is 1.75 bits per heavy atom. The molecule has 0 amide bonds. The van der Waals surface area contributed by atoms with Crippen LogP contribution in [0.2, 0.25) is 10.0 Å². The summed E-state index contributed by atoms with van der Waals surface area (Å²) >= 11 is 11.9. The molecule has 0 saturated heterocycles. The minimum Gasteiger partial charge on any atom is -0.335 e. The van der Waals surface area contributed by atoms with Crippen LogP contribution in [0.5, 0.6) is 0 Å². The number of aryl methyl sites for hydroxylation is 1. The number of aromatic nitrogens is 1. The highest BCUT2D eigenvalue weighted by Crippen LogP contribution is 2.15. The first-order chi connectivity index (χ1) is 7.66. The molecule has 0 atom stereocenters. The second-order valence-electron chi connectivity index (χ2n) is 3.38. The number of benzene rings is 1. The molecule has 2 nitrogen and oxygen atoms in total. The van der Waals surface area contributed by atoms with Crippen LogP contribution in [0.3, 0.4) is 0 Å². The highest BCUT2D eigenvalue weighted by molar-refractivity contribution is 6.30. The van der Waals surface area contributed by atoms with E-state index in [-0.39, 0.29) is 0 Å². The molecular formula is C12H10Cl2N2. The summed E-state index contributed by atoms with van der Waals surface area (Å²) in [4.78, 5) is 4.45. The average molecular weight is 253 g/mol. The van der Waals surface area contributed by atoms with Gasteiger partial charge in [-0.25, -0.2) is 4.99 Å². The molecule has 0 aliphatic heterocycles. The first kappa shape index (κ1) is 11.2. The van der Waals surface area contributed by atoms with Gasteiger partial charge in [0.05, 0.1) is 10.7 Å². The Bertz CT molecular complexity index is 533. The fourth-order valence-corrected chi connectivity index (χ4v) is 1.71. The van der Waals surface area contributed by atoms with Crippen molar-refractivity contribution in [3.63, 3.8) is 0 Å². The highest BCUT2D eigenvalue weighted by Gasteiger charge is 1.95. The molecule has 2 rings (SSSR count). The van der Waals surface area contributed by atoms with E-state index in [2.05, 4.69) is 4.99 Å². The maximum absolute atomic E-state index is 6.07. The summed E-state index contributed by atoms with van der Waals surface area (Å²) in [6.45, 7) is 0. The van der Waals surface area contributed by atoms with Gasteiger partial charge in [-0.3, -0.25) is 0 Å². The lowest BCUT2D eigenvalue weighted by atomic mass is 10.3. The van der Waals surface area contributed by atoms with Gasteiger partial charge in [0.2, 0.25) is 0 Å². The Balaban J connectivity index is 2.55. The molecule has 0 aliphatic carbocycles. The molecule has 2 aromatic rings. The van der Waals surface area contributed by atoms with Gasteiger partial charge in [-0.2, -0.15) is 0 Å². The molecule has 4 heteroatoms. The van der Waals surface area contributed by atoms with Crippen molar-refractivity contribution in [2.45, 2.75) is 0 Å². The summed E-state index contributed by atoms with van der Waals surface area (Å²) in [6.07, 6.45) is 1.90. The van der Waals surface area contributed by atoms with Crippen LogP contribution < -0.4 is 5.49 Å². The molecule has 1 aromatic heterocycles. The molecule has 16 heavy (non-hydrogen) atoms. The van der Waals surface area contributed by atoms with Gasteiger partial charge in [0.25, 0.3) is 0 Å². The monoisotopic (exact) mass is 252 g/mol. The molecule has 82 valence electrons. The summed E-state index contributed by atoms with van der Waals surface area (Å²) < 4.78 is 1.87. The van der Waals surface area contributed by atoms with Crippen molar-refractivity contribution in [2.24, 2.45) is 12.0 Å². The Labute approximate surface area is 104 Å². The Morgan fingerprint density at radius 3 is 2.38 bits per heavy atom. The number of hydrogen-bond donors (Lipinski definition) is 0. The number of pyridine rings is 1. The quantitative estimate of drug-likeness (QED) is 0.739. The van der Waals surface area contributed by atoms with Crippen molar-refractivity contribution < 1.29 is 0 Å². The van der Waals surface area contributed by atoms with Crippen LogP contribution in [0.25, 0.3) is 0 Å². The summed E-state index contributed by atoms with van der Waals surface area (Å²) in [5.41, 5.74) is 1.56. The molecule has 0 saturated carbocycles. The van der Waals surface area contributed by atoms with E-state index in [0.29, 0.717) is 10.0 Å². The highest BCUT2D eigenvalue weighted by atomic mass is 35.5. The zero-order valence-corrected chi connectivity index (χ0v) is 10.2. The van der Waals surface area contributed by atoms with Crippen LogP contribution in [0.4, 0.5) is 5.69 Å². The Kier molecular flexibility index (Phi) is 3.32. The largest absolute Gasteiger partial charge is 0.335 e. The maximum Gasteiger partial charge on any atom is 0.151 e. The molecular weight excluding hydrogens is 243 g/mol. The molecule has 0 fully saturated rings. The van der Waals surface area contributed by atoms with E-state index in [1.54, 1.807) is 12.1 Å². The number of nitrogens with zero attached hydrogens (tertiary/aromatic N) is 2. The molecule has 0 aliphatic rings. The van der Waals surface area contributed by atoms with Gasteiger partial charge in [0, 0.05) is 18.3 Å². The zero-order chi connectivity index (χ0) is 11.5. The van der Waals surface area contributed by atoms with Crippen molar-refractivity contribution in [3.05, 3.63) is 58.1 Å². The summed E-state index contributed by atoms with van der Waals surface area (Å²) in [5, 5.41) is 1.32. The van der Waals surface area contributed by atoms with Crippen LogP contribution in [-0.4, -0.2) is 4.57 Å². The summed E-state index contributed by atoms with van der Waals surface area (Å²) in [6, 6.07) is 11.0. The summed E-state index contributed by atoms with van der Waals surface area (Å²) in [5.74, 6) is 0. The predicted octanol–water partition coefficient (Wildman–Crippen LogP) is 3.56. The molecule has 0 bridgehead atoms. The summed E-state index contributed by atoms with van der Waals surface area (Å²) in [7, 11) is 1.90. The standard InChI is InChI=1S/C12H10Cl2N2/c1-16-8-2-3-11(14)12(16)15-10-6-4-9(13)5-7-10/h2-8H,1H3. The third-order valence-corrected chi connectivity index (χ3v) is 2.71. The predicted molar refractivity (Wildman–Crippen MR) is 67.1 cm³/mol. The Hall–Kier alpha value is -1.25. The van der Waals surface area contributed by atoms with Gasteiger partial charge in [-0.05, 0) is 36.4 Å². The van der Waals surface area contributed by atoms with Crippen molar-refractivity contribution in [1.82, 2.24) is 4.57 Å². The van der Waals surface area contributed by atoms with Crippen LogP contribution in [0.15, 0.2) is 47.6 Å². The topological polar surface area (TPSA) is 17.3 Å². The zero-order valence-electron chi connectivity index (χ0n) is 8.69. The lowest BCUT2D eigenvalue weighted by Gasteiger charge is -2.01. The second-order valence-corrected chi connectivity index (χ2v) is 4.22. The second kappa shape index (κ2) is 4.73. The fourth-order valence-electron chi connectivity index (χ4n) is 1.34. The van der Waals surface area contributed by atoms with E-state index in [0.717, 1.165) is 11.2 Å². The van der Waals surface area contributed by atoms with Crippen molar-refractivity contribution in [2.75, 3.05) is 0 Å². The lowest BCUT2D eigenvalue weighted by molar-refractivity contribution is 0.835. The van der Waals surface area contributed by atoms with Crippen LogP contribution in [0, 0.1) is 0 Å². The van der Waals surface area contributed by atoms with Crippen LogP contribution in [-0.2, 0) is 7.05 Å². The van der Waals surface area contributed by atoms with E-state index in [1.165, 1.54) is 0 Å². The van der Waals surface area contributed by atoms with Crippen molar-refractivity contribution in [3.8, 4) is 0 Å². The van der Waals surface area contributed by atoms with Gasteiger partial charge in [0.1, 0.15) is 0 Å². The smallest absolute Gasteiger partial charge is 0.151 e. The van der Waals surface area contributed by atoms with Gasteiger partial charge in [-0.15, -0.1) is 0 Å². The fraction of sp³-hybridized carbons (Fsp3) is 0.0833.